The quantitative estimate of drug-likeness (QED) is 0.0329. The number of primary amides is 4. The third-order valence-electron chi connectivity index (χ3n) is 20.5. The van der Waals surface area contributed by atoms with Crippen LogP contribution < -0.4 is 85.1 Å². The van der Waals surface area contributed by atoms with Crippen LogP contribution in [-0.4, -0.2) is 216 Å². The Morgan fingerprint density at radius 3 is 1.03 bits per heavy atom. The summed E-state index contributed by atoms with van der Waals surface area (Å²) in [6, 6.07) is 0.441. The number of hydrogen-bond acceptors (Lipinski definition) is 31. The van der Waals surface area contributed by atoms with Gasteiger partial charge in [0.05, 0.1) is 65.8 Å². The van der Waals surface area contributed by atoms with Gasteiger partial charge in [0.2, 0.25) is 41.5 Å². The van der Waals surface area contributed by atoms with Crippen molar-refractivity contribution >= 4 is 117 Å². The summed E-state index contributed by atoms with van der Waals surface area (Å²) in [4.78, 5) is 125. The lowest BCUT2D eigenvalue weighted by Gasteiger charge is -2.40. The van der Waals surface area contributed by atoms with Crippen LogP contribution in [0.5, 0.6) is 0 Å². The molecule has 0 bridgehead atoms. The molecule has 43 heteroatoms. The largest absolute Gasteiger partial charge is 0.364 e. The van der Waals surface area contributed by atoms with E-state index >= 15 is 0 Å². The summed E-state index contributed by atoms with van der Waals surface area (Å²) in [5, 5.41) is 65.3. The summed E-state index contributed by atoms with van der Waals surface area (Å²) in [7, 11) is 1.77. The average molecular weight is 1610 g/mol. The number of amides is 8. The summed E-state index contributed by atoms with van der Waals surface area (Å²) >= 11 is 0. The first-order valence-electron chi connectivity index (χ1n) is 38.5. The van der Waals surface area contributed by atoms with E-state index in [2.05, 4.69) is 150 Å². The molecule has 0 spiro atoms. The molecular formula is C74H99N35O8. The van der Waals surface area contributed by atoms with Gasteiger partial charge in [-0.15, -0.1) is 30.6 Å². The van der Waals surface area contributed by atoms with Gasteiger partial charge in [0.1, 0.15) is 5.82 Å². The Balaban J connectivity index is 0.000000153. The van der Waals surface area contributed by atoms with Crippen LogP contribution in [0.2, 0.25) is 0 Å². The molecule has 14 rings (SSSR count). The first-order valence-corrected chi connectivity index (χ1v) is 38.5. The summed E-state index contributed by atoms with van der Waals surface area (Å²) < 4.78 is 7.15. The SMILES string of the molecule is C=CC(=O)N[C@@H]1CCCN(c2cnc(C(N)=O)c(Nc3cnn(C4CC4)c3)n2)[C@@H]1C.C=CC(=O)N[C@@H]1CCCN(c2nnc(C(N)=O)c(Nc3cnn(C)c3)n2)[C@@H]1C.C=CC(=O)N[C@@H]1CCCN(c2nnc(C(N)=O)c(Nc3cnn(C4CC4)c3)n2)[C@@H]1C.C=CC(=O)N[C@@H]1CCCN(c2nnc(C(N)=O)c(Nc3cnn(CC)c3)n2)[C@@H]1C. The van der Waals surface area contributed by atoms with Gasteiger partial charge in [-0.05, 0) is 136 Å². The highest BCUT2D eigenvalue weighted by Crippen LogP contribution is 2.37. The number of nitrogens with zero attached hydrogens (tertiary/aromatic N) is 23. The van der Waals surface area contributed by atoms with Crippen LogP contribution in [0.4, 0.5) is 69.7 Å². The third kappa shape index (κ3) is 21.5. The molecule has 8 amide bonds. The van der Waals surface area contributed by atoms with Crippen LogP contribution in [0.3, 0.4) is 0 Å². The number of nitrogens with two attached hydrogens (primary N) is 4. The highest BCUT2D eigenvalue weighted by Gasteiger charge is 2.37. The normalized spacial score (nSPS) is 20.1. The lowest BCUT2D eigenvalue weighted by Crippen LogP contribution is -2.54. The number of aryl methyl sites for hydroxylation is 2. The number of anilines is 12. The summed E-state index contributed by atoms with van der Waals surface area (Å²) in [5.74, 6) is -1.09. The van der Waals surface area contributed by atoms with E-state index in [4.69, 9.17) is 22.9 Å². The molecule has 16 N–H and O–H groups in total. The molecule has 6 fully saturated rings. The molecule has 6 aliphatic rings. The molecule has 2 saturated carbocycles. The summed E-state index contributed by atoms with van der Waals surface area (Å²) in [6.07, 6.45) is 31.8. The van der Waals surface area contributed by atoms with Crippen LogP contribution in [0.25, 0.3) is 0 Å². The third-order valence-corrected chi connectivity index (χ3v) is 20.5. The van der Waals surface area contributed by atoms with E-state index in [9.17, 15) is 38.4 Å². The minimum Gasteiger partial charge on any atom is -0.364 e. The number of hydrogen-bond donors (Lipinski definition) is 12. The maximum Gasteiger partial charge on any atom is 0.273 e. The Morgan fingerprint density at radius 2 is 0.718 bits per heavy atom. The Hall–Kier alpha value is -13.9. The van der Waals surface area contributed by atoms with Gasteiger partial charge < -0.3 is 85.1 Å². The molecule has 0 radical (unpaired) electrons. The predicted octanol–water partition coefficient (Wildman–Crippen LogP) is 3.11. The molecule has 8 aromatic heterocycles. The lowest BCUT2D eigenvalue weighted by molar-refractivity contribution is -0.118. The fraction of sp³-hybridized carbons (Fsp3) is 0.446. The average Bonchev–Trinajstić information content (AvgIpc) is 1.77. The van der Waals surface area contributed by atoms with E-state index in [1.54, 1.807) is 59.8 Å². The predicted molar refractivity (Wildman–Crippen MR) is 433 cm³/mol. The molecule has 0 aromatic carbocycles. The van der Waals surface area contributed by atoms with Crippen molar-refractivity contribution < 1.29 is 38.4 Å². The number of aromatic nitrogens is 19. The van der Waals surface area contributed by atoms with E-state index < -0.39 is 23.6 Å². The highest BCUT2D eigenvalue weighted by atomic mass is 16.2. The van der Waals surface area contributed by atoms with Crippen LogP contribution in [0, 0.1) is 0 Å². The maximum absolute atomic E-state index is 11.9. The van der Waals surface area contributed by atoms with E-state index in [1.165, 1.54) is 24.3 Å². The first kappa shape index (κ1) is 84.0. The molecule has 43 nitrogen and oxygen atoms in total. The second-order valence-corrected chi connectivity index (χ2v) is 28.8. The second kappa shape index (κ2) is 38.3. The van der Waals surface area contributed by atoms with E-state index in [1.807, 2.05) is 71.1 Å². The second-order valence-electron chi connectivity index (χ2n) is 28.8. The van der Waals surface area contributed by atoms with Gasteiger partial charge in [-0.25, -0.2) is 9.97 Å². The van der Waals surface area contributed by atoms with Gasteiger partial charge in [-0.3, -0.25) is 57.1 Å². The minimum atomic E-state index is -0.735. The number of nitrogens with one attached hydrogen (secondary N) is 8. The molecule has 12 heterocycles. The zero-order chi connectivity index (χ0) is 83.7. The fourth-order valence-corrected chi connectivity index (χ4v) is 13.9. The number of carbonyl (C=O) groups is 8. The van der Waals surface area contributed by atoms with Crippen LogP contribution in [0.15, 0.2) is 106 Å². The van der Waals surface area contributed by atoms with E-state index in [0.29, 0.717) is 84.8 Å². The molecule has 0 unspecified atom stereocenters. The van der Waals surface area contributed by atoms with Gasteiger partial charge in [0.15, 0.2) is 46.0 Å². The van der Waals surface area contributed by atoms with Gasteiger partial charge >= 0.3 is 0 Å². The van der Waals surface area contributed by atoms with Crippen molar-refractivity contribution in [3.63, 3.8) is 0 Å². The Bertz CT molecular complexity index is 4800. The van der Waals surface area contributed by atoms with Crippen LogP contribution >= 0.6 is 0 Å². The smallest absolute Gasteiger partial charge is 0.273 e. The first-order chi connectivity index (χ1) is 56.2. The Kier molecular flexibility index (Phi) is 27.5. The van der Waals surface area contributed by atoms with Crippen molar-refractivity contribution in [3.05, 3.63) is 129 Å². The fourth-order valence-electron chi connectivity index (χ4n) is 13.9. The van der Waals surface area contributed by atoms with Gasteiger partial charge in [-0.2, -0.15) is 35.3 Å². The zero-order valence-corrected chi connectivity index (χ0v) is 66.0. The standard InChI is InChI=1S/C20H26N8O2.C19H25N9O2.C18H25N9O2.C17H23N9O2/c1-3-17(29)25-15-5-4-8-27(12(15)2)16-10-22-18(19(21)30)20(26-16)24-13-9-23-28(11-13)14-6-7-14;1-3-15(29)23-14-5-4-8-27(11(14)2)19-24-18(16(17(20)30)25-26-19)22-12-9-21-28(10-12)13-6-7-13;1-4-14(28)22-13-7-6-8-27(11(13)3)18-23-17(15(16(19)29)24-25-18)21-12-9-20-26(5-2)10-12;1-4-13(27)21-12-6-5-7-26(10(12)2)17-22-16(14(15(18)28)23-24-17)20-11-8-19-25(3)9-11/h3,9-12,14-15H,1,4-8H2,2H3,(H2,21,30)(H,24,26)(H,25,29);3,9-11,13-14H,1,4-8H2,2H3,(H2,20,30)(H,23,29)(H,22,24,26);4,9-11,13H,1,5-8H2,2-3H3,(H2,19,29)(H,22,28)(H,21,23,25);4,8-10,12H,1,5-7H2,2-3H3,(H2,18,28)(H,21,27)(H,20,22,24)/t12-,15-;11-,14-;11-,13-;10-,12-/m1111/s1. The Morgan fingerprint density at radius 1 is 0.402 bits per heavy atom. The minimum absolute atomic E-state index is 0.00171. The molecule has 618 valence electrons. The highest BCUT2D eigenvalue weighted by molar-refractivity contribution is 5.98. The van der Waals surface area contributed by atoms with Crippen molar-refractivity contribution in [2.45, 2.75) is 179 Å². The van der Waals surface area contributed by atoms with Crippen molar-refractivity contribution in [2.24, 2.45) is 30.0 Å². The van der Waals surface area contributed by atoms with Crippen LogP contribution in [-0.2, 0) is 32.8 Å². The summed E-state index contributed by atoms with van der Waals surface area (Å²) in [5.41, 5.74) is 24.4. The van der Waals surface area contributed by atoms with Crippen molar-refractivity contribution in [3.8, 4) is 0 Å². The number of piperidine rings is 4. The molecule has 117 heavy (non-hydrogen) atoms. The molecular weight excluding hydrogens is 1510 g/mol. The Labute approximate surface area is 673 Å². The molecule has 8 atom stereocenters. The molecule has 4 saturated heterocycles. The van der Waals surface area contributed by atoms with Gasteiger partial charge in [0, 0.05) is 113 Å². The van der Waals surface area contributed by atoms with Gasteiger partial charge in [-0.1, -0.05) is 26.3 Å². The zero-order valence-electron chi connectivity index (χ0n) is 66.0. The van der Waals surface area contributed by atoms with Crippen LogP contribution in [0.1, 0.15) is 166 Å². The van der Waals surface area contributed by atoms with E-state index in [0.717, 1.165) is 89.3 Å². The lowest BCUT2D eigenvalue weighted by atomic mass is 9.97. The van der Waals surface area contributed by atoms with E-state index in [-0.39, 0.29) is 112 Å². The maximum atomic E-state index is 11.9. The van der Waals surface area contributed by atoms with Gasteiger partial charge in [0.25, 0.3) is 23.6 Å². The van der Waals surface area contributed by atoms with Crippen molar-refractivity contribution in [1.82, 2.24) is 116 Å². The topological polar surface area (TPSA) is 563 Å². The molecule has 4 aliphatic heterocycles. The number of carbonyl (C=O) groups excluding carboxylic acids is 8. The number of rotatable bonds is 27. The summed E-state index contributed by atoms with van der Waals surface area (Å²) in [6.45, 7) is 27.5. The molecule has 8 aromatic rings. The van der Waals surface area contributed by atoms with Crippen molar-refractivity contribution in [2.75, 3.05) is 67.0 Å². The van der Waals surface area contributed by atoms with Crippen molar-refractivity contribution in [1.29, 1.82) is 0 Å². The molecule has 2 aliphatic carbocycles. The monoisotopic (exact) mass is 1610 g/mol.